The highest BCUT2D eigenvalue weighted by Crippen LogP contribution is 2.29. The zero-order valence-corrected chi connectivity index (χ0v) is 13.1. The van der Waals surface area contributed by atoms with Crippen LogP contribution in [0.3, 0.4) is 0 Å². The molecule has 0 atom stereocenters. The monoisotopic (exact) mass is 361 g/mol. The molecule has 0 spiro atoms. The molecule has 0 saturated heterocycles. The summed E-state index contributed by atoms with van der Waals surface area (Å²) in [6, 6.07) is 13.2. The third-order valence-corrected chi connectivity index (χ3v) is 4.27. The van der Waals surface area contributed by atoms with Crippen molar-refractivity contribution in [2.75, 3.05) is 13.2 Å². The van der Waals surface area contributed by atoms with Gasteiger partial charge in [0.05, 0.1) is 0 Å². The summed E-state index contributed by atoms with van der Waals surface area (Å²) in [5, 5.41) is 0. The van der Waals surface area contributed by atoms with E-state index in [0.29, 0.717) is 5.75 Å². The van der Waals surface area contributed by atoms with Crippen LogP contribution in [0.5, 0.6) is 11.5 Å². The van der Waals surface area contributed by atoms with Crippen molar-refractivity contribution in [3.05, 3.63) is 54.6 Å². The Morgan fingerprint density at radius 3 is 2.25 bits per heavy atom. The van der Waals surface area contributed by atoms with Gasteiger partial charge in [-0.1, -0.05) is 30.3 Å². The molecule has 2 aromatic rings. The Kier molecular flexibility index (Phi) is 5.68. The molecule has 130 valence electrons. The van der Waals surface area contributed by atoms with Crippen LogP contribution in [0, 0.1) is 0 Å². The van der Waals surface area contributed by atoms with Gasteiger partial charge in [0.1, 0.15) is 23.0 Å². The van der Waals surface area contributed by atoms with Crippen LogP contribution in [-0.2, 0) is 10.0 Å². The Labute approximate surface area is 137 Å². The van der Waals surface area contributed by atoms with Crippen molar-refractivity contribution in [3.8, 4) is 11.5 Å². The van der Waals surface area contributed by atoms with Gasteiger partial charge in [-0.25, -0.2) is 13.1 Å². The fraction of sp³-hybridized carbons (Fsp3) is 0.200. The molecular formula is C15H14F3NO4S. The van der Waals surface area contributed by atoms with E-state index in [4.69, 9.17) is 4.74 Å². The molecule has 0 heterocycles. The Bertz CT molecular complexity index is 764. The maximum atomic E-state index is 12.3. The minimum absolute atomic E-state index is 0.0194. The maximum Gasteiger partial charge on any atom is 0.573 e. The van der Waals surface area contributed by atoms with Crippen LogP contribution in [0.1, 0.15) is 0 Å². The smallest absolute Gasteiger partial charge is 0.492 e. The van der Waals surface area contributed by atoms with E-state index in [9.17, 15) is 21.6 Å². The molecule has 0 aliphatic carbocycles. The topological polar surface area (TPSA) is 64.6 Å². The third kappa shape index (κ3) is 5.43. The average molecular weight is 361 g/mol. The molecule has 0 aromatic heterocycles. The Morgan fingerprint density at radius 2 is 1.58 bits per heavy atom. The predicted molar refractivity (Wildman–Crippen MR) is 80.3 cm³/mol. The second kappa shape index (κ2) is 7.54. The first-order chi connectivity index (χ1) is 11.3. The van der Waals surface area contributed by atoms with E-state index in [2.05, 4.69) is 9.46 Å². The zero-order valence-electron chi connectivity index (χ0n) is 12.3. The first kappa shape index (κ1) is 18.1. The molecule has 0 aliphatic heterocycles. The molecule has 0 radical (unpaired) electrons. The summed E-state index contributed by atoms with van der Waals surface area (Å²) in [5.41, 5.74) is 0. The highest BCUT2D eigenvalue weighted by atomic mass is 32.2. The summed E-state index contributed by atoms with van der Waals surface area (Å²) in [7, 11) is -4.17. The van der Waals surface area contributed by atoms with Gasteiger partial charge in [-0.05, 0) is 24.3 Å². The van der Waals surface area contributed by atoms with Gasteiger partial charge < -0.3 is 9.47 Å². The van der Waals surface area contributed by atoms with Crippen molar-refractivity contribution < 1.29 is 31.1 Å². The van der Waals surface area contributed by atoms with Gasteiger partial charge in [-0.3, -0.25) is 0 Å². The van der Waals surface area contributed by atoms with Gasteiger partial charge in [0, 0.05) is 6.54 Å². The summed E-state index contributed by atoms with van der Waals surface area (Å²) < 4.78 is 72.5. The minimum atomic E-state index is -4.98. The Morgan fingerprint density at radius 1 is 0.958 bits per heavy atom. The summed E-state index contributed by atoms with van der Waals surface area (Å²) in [6.45, 7) is -0.0941. The second-order valence-corrected chi connectivity index (χ2v) is 6.29. The number of sulfonamides is 1. The van der Waals surface area contributed by atoms with Crippen molar-refractivity contribution in [2.45, 2.75) is 11.3 Å². The minimum Gasteiger partial charge on any atom is -0.492 e. The van der Waals surface area contributed by atoms with Crippen molar-refractivity contribution >= 4 is 10.0 Å². The summed E-state index contributed by atoms with van der Waals surface area (Å²) in [4.78, 5) is -0.595. The Hall–Kier alpha value is -2.26. The first-order valence-corrected chi connectivity index (χ1v) is 8.28. The molecule has 2 rings (SSSR count). The lowest BCUT2D eigenvalue weighted by Crippen LogP contribution is -2.29. The standard InChI is InChI=1S/C15H14F3NO4S/c16-15(17,18)23-13-8-4-5-9-14(13)24(20,21)19-10-11-22-12-6-2-1-3-7-12/h1-9,19H,10-11H2. The SMILES string of the molecule is O=S(=O)(NCCOc1ccccc1)c1ccccc1OC(F)(F)F. The van der Waals surface area contributed by atoms with Gasteiger partial charge in [0.15, 0.2) is 0 Å². The number of benzene rings is 2. The van der Waals surface area contributed by atoms with Crippen LogP contribution >= 0.6 is 0 Å². The first-order valence-electron chi connectivity index (χ1n) is 6.80. The summed E-state index contributed by atoms with van der Waals surface area (Å²) in [6.07, 6.45) is -4.98. The fourth-order valence-electron chi connectivity index (χ4n) is 1.82. The average Bonchev–Trinajstić information content (AvgIpc) is 2.51. The number of rotatable bonds is 7. The van der Waals surface area contributed by atoms with E-state index >= 15 is 0 Å². The molecule has 9 heteroatoms. The molecule has 1 N–H and O–H groups in total. The summed E-state index contributed by atoms with van der Waals surface area (Å²) >= 11 is 0. The van der Waals surface area contributed by atoms with Crippen molar-refractivity contribution in [3.63, 3.8) is 0 Å². The van der Waals surface area contributed by atoms with Crippen LogP contribution in [0.25, 0.3) is 0 Å². The number of halogens is 3. The van der Waals surface area contributed by atoms with E-state index in [1.165, 1.54) is 12.1 Å². The van der Waals surface area contributed by atoms with Gasteiger partial charge in [0.25, 0.3) is 0 Å². The maximum absolute atomic E-state index is 12.3. The number of alkyl halides is 3. The number of para-hydroxylation sites is 2. The molecule has 24 heavy (non-hydrogen) atoms. The van der Waals surface area contributed by atoms with Gasteiger partial charge in [-0.2, -0.15) is 0 Å². The van der Waals surface area contributed by atoms with Crippen LogP contribution in [0.15, 0.2) is 59.5 Å². The lowest BCUT2D eigenvalue weighted by atomic mass is 10.3. The molecule has 0 saturated carbocycles. The molecule has 0 aliphatic rings. The van der Waals surface area contributed by atoms with Crippen LogP contribution in [0.2, 0.25) is 0 Å². The van der Waals surface area contributed by atoms with E-state index in [1.807, 2.05) is 0 Å². The molecule has 0 unspecified atom stereocenters. The van der Waals surface area contributed by atoms with Gasteiger partial charge in [-0.15, -0.1) is 13.2 Å². The van der Waals surface area contributed by atoms with Crippen molar-refractivity contribution in [2.24, 2.45) is 0 Å². The van der Waals surface area contributed by atoms with Crippen LogP contribution in [-0.4, -0.2) is 27.9 Å². The zero-order chi connectivity index (χ0) is 17.6. The molecular weight excluding hydrogens is 347 g/mol. The second-order valence-electron chi connectivity index (χ2n) is 4.55. The van der Waals surface area contributed by atoms with Gasteiger partial charge >= 0.3 is 6.36 Å². The van der Waals surface area contributed by atoms with Crippen molar-refractivity contribution in [1.82, 2.24) is 4.72 Å². The fourth-order valence-corrected chi connectivity index (χ4v) is 2.96. The highest BCUT2D eigenvalue weighted by Gasteiger charge is 2.33. The highest BCUT2D eigenvalue weighted by molar-refractivity contribution is 7.89. The number of ether oxygens (including phenoxy) is 2. The molecule has 0 bridgehead atoms. The van der Waals surface area contributed by atoms with Gasteiger partial charge in [0.2, 0.25) is 10.0 Å². The molecule has 5 nitrogen and oxygen atoms in total. The quantitative estimate of drug-likeness (QED) is 0.770. The van der Waals surface area contributed by atoms with Crippen LogP contribution < -0.4 is 14.2 Å². The Balaban J connectivity index is 2.00. The lowest BCUT2D eigenvalue weighted by molar-refractivity contribution is -0.275. The predicted octanol–water partition coefficient (Wildman–Crippen LogP) is 2.94. The summed E-state index contributed by atoms with van der Waals surface area (Å²) in [5.74, 6) is -0.237. The third-order valence-electron chi connectivity index (χ3n) is 2.77. The molecule has 0 fully saturated rings. The van der Waals surface area contributed by atoms with E-state index < -0.39 is 27.0 Å². The van der Waals surface area contributed by atoms with Crippen LogP contribution in [0.4, 0.5) is 13.2 Å². The molecule has 0 amide bonds. The largest absolute Gasteiger partial charge is 0.573 e. The van der Waals surface area contributed by atoms with E-state index in [0.717, 1.165) is 12.1 Å². The molecule has 2 aromatic carbocycles. The number of hydrogen-bond donors (Lipinski definition) is 1. The normalized spacial score (nSPS) is 12.0. The lowest BCUT2D eigenvalue weighted by Gasteiger charge is -2.14. The van der Waals surface area contributed by atoms with E-state index in [1.54, 1.807) is 30.3 Å². The van der Waals surface area contributed by atoms with E-state index in [-0.39, 0.29) is 13.2 Å². The number of hydrogen-bond acceptors (Lipinski definition) is 4. The van der Waals surface area contributed by atoms with Crippen molar-refractivity contribution in [1.29, 1.82) is 0 Å². The number of nitrogens with one attached hydrogen (secondary N) is 1.